The number of rotatable bonds is 5. The van der Waals surface area contributed by atoms with Crippen molar-refractivity contribution in [1.82, 2.24) is 14.8 Å². The highest BCUT2D eigenvalue weighted by atomic mass is 32.2. The molecule has 136 valence electrons. The minimum atomic E-state index is -2.85. The van der Waals surface area contributed by atoms with Crippen LogP contribution in [-0.4, -0.2) is 34.7 Å². The van der Waals surface area contributed by atoms with Gasteiger partial charge in [0.2, 0.25) is 0 Å². The van der Waals surface area contributed by atoms with Gasteiger partial charge in [0.15, 0.2) is 15.0 Å². The fourth-order valence-corrected chi connectivity index (χ4v) is 6.30. The molecule has 0 bridgehead atoms. The molecule has 1 atom stereocenters. The van der Waals surface area contributed by atoms with Crippen molar-refractivity contribution in [2.45, 2.75) is 23.8 Å². The van der Waals surface area contributed by atoms with Crippen LogP contribution >= 0.6 is 11.8 Å². The van der Waals surface area contributed by atoms with E-state index in [9.17, 15) is 8.42 Å². The summed E-state index contributed by atoms with van der Waals surface area (Å²) in [6, 6.07) is 14.7. The average Bonchev–Trinajstić information content (AvgIpc) is 3.15. The molecule has 1 fully saturated rings. The smallest absolute Gasteiger partial charge is 0.191 e. The number of benzene rings is 2. The summed E-state index contributed by atoms with van der Waals surface area (Å²) in [5.74, 6) is 2.44. The zero-order valence-electron chi connectivity index (χ0n) is 14.6. The van der Waals surface area contributed by atoms with Crippen molar-refractivity contribution in [3.8, 4) is 0 Å². The van der Waals surface area contributed by atoms with Gasteiger partial charge in [0.1, 0.15) is 5.82 Å². The Balaban J connectivity index is 1.47. The van der Waals surface area contributed by atoms with Crippen LogP contribution < -0.4 is 0 Å². The highest BCUT2D eigenvalue weighted by Crippen LogP contribution is 2.28. The maximum absolute atomic E-state index is 11.6. The third kappa shape index (κ3) is 3.64. The van der Waals surface area contributed by atoms with Crippen LogP contribution in [0, 0.1) is 5.92 Å². The van der Waals surface area contributed by atoms with Crippen LogP contribution in [0.5, 0.6) is 0 Å². The Morgan fingerprint density at radius 3 is 2.77 bits per heavy atom. The van der Waals surface area contributed by atoms with Gasteiger partial charge in [-0.05, 0) is 28.7 Å². The van der Waals surface area contributed by atoms with Crippen LogP contribution in [0.3, 0.4) is 0 Å². The predicted molar refractivity (Wildman–Crippen MR) is 105 cm³/mol. The molecule has 7 heteroatoms. The lowest BCUT2D eigenvalue weighted by atomic mass is 10.1. The zero-order valence-corrected chi connectivity index (χ0v) is 16.3. The highest BCUT2D eigenvalue weighted by Gasteiger charge is 2.29. The SMILES string of the molecule is Cn1c(CC2CCS(=O)(=O)C2)nnc1SCc1cccc2ccccc12. The van der Waals surface area contributed by atoms with Crippen molar-refractivity contribution in [3.05, 3.63) is 53.9 Å². The van der Waals surface area contributed by atoms with Crippen LogP contribution in [0.1, 0.15) is 17.8 Å². The van der Waals surface area contributed by atoms with E-state index in [1.165, 1.54) is 16.3 Å². The normalized spacial score (nSPS) is 19.2. The van der Waals surface area contributed by atoms with E-state index in [1.807, 2.05) is 11.6 Å². The Labute approximate surface area is 157 Å². The summed E-state index contributed by atoms with van der Waals surface area (Å²) in [4.78, 5) is 0. The van der Waals surface area contributed by atoms with Crippen molar-refractivity contribution in [2.75, 3.05) is 11.5 Å². The van der Waals surface area contributed by atoms with Gasteiger partial charge >= 0.3 is 0 Å². The Morgan fingerprint density at radius 1 is 1.15 bits per heavy atom. The quantitative estimate of drug-likeness (QED) is 0.629. The molecule has 2 heterocycles. The second kappa shape index (κ2) is 7.04. The van der Waals surface area contributed by atoms with Gasteiger partial charge in [-0.25, -0.2) is 8.42 Å². The number of sulfone groups is 1. The number of nitrogens with zero attached hydrogens (tertiary/aromatic N) is 3. The summed E-state index contributed by atoms with van der Waals surface area (Å²) in [7, 11) is -0.889. The third-order valence-corrected chi connectivity index (χ3v) is 7.87. The molecule has 0 radical (unpaired) electrons. The summed E-state index contributed by atoms with van der Waals surface area (Å²) in [5.41, 5.74) is 1.28. The van der Waals surface area contributed by atoms with E-state index in [4.69, 9.17) is 0 Å². The second-order valence-corrected chi connectivity index (χ2v) is 10.0. The molecule has 1 saturated heterocycles. The number of hydrogen-bond donors (Lipinski definition) is 0. The van der Waals surface area contributed by atoms with E-state index in [0.717, 1.165) is 23.2 Å². The first-order valence-electron chi connectivity index (χ1n) is 8.70. The maximum Gasteiger partial charge on any atom is 0.191 e. The van der Waals surface area contributed by atoms with Crippen molar-refractivity contribution in [1.29, 1.82) is 0 Å². The number of thioether (sulfide) groups is 1. The van der Waals surface area contributed by atoms with Gasteiger partial charge in [-0.1, -0.05) is 54.2 Å². The van der Waals surface area contributed by atoms with Crippen LogP contribution in [-0.2, 0) is 29.1 Å². The molecule has 4 rings (SSSR count). The number of hydrogen-bond acceptors (Lipinski definition) is 5. The van der Waals surface area contributed by atoms with Crippen LogP contribution in [0.15, 0.2) is 47.6 Å². The van der Waals surface area contributed by atoms with Gasteiger partial charge in [0.25, 0.3) is 0 Å². The molecule has 1 unspecified atom stereocenters. The molecule has 0 N–H and O–H groups in total. The largest absolute Gasteiger partial charge is 0.309 e. The fourth-order valence-electron chi connectivity index (χ4n) is 3.50. The summed E-state index contributed by atoms with van der Waals surface area (Å²) in [5, 5.41) is 12.0. The van der Waals surface area contributed by atoms with E-state index < -0.39 is 9.84 Å². The van der Waals surface area contributed by atoms with Gasteiger partial charge < -0.3 is 4.57 Å². The first-order valence-corrected chi connectivity index (χ1v) is 11.5. The monoisotopic (exact) mass is 387 g/mol. The van der Waals surface area contributed by atoms with Gasteiger partial charge in [-0.3, -0.25) is 0 Å². The lowest BCUT2D eigenvalue weighted by molar-refractivity contribution is 0.552. The standard InChI is InChI=1S/C19H21N3O2S2/c1-22-18(11-14-9-10-26(23,24)13-14)20-21-19(22)25-12-16-7-4-6-15-5-2-3-8-17(15)16/h2-8,14H,9-13H2,1H3. The van der Waals surface area contributed by atoms with Gasteiger partial charge in [0, 0.05) is 19.2 Å². The number of fused-ring (bicyclic) bond motifs is 1. The summed E-state index contributed by atoms with van der Waals surface area (Å²) < 4.78 is 25.3. The van der Waals surface area contributed by atoms with Crippen molar-refractivity contribution in [3.63, 3.8) is 0 Å². The molecule has 0 aliphatic carbocycles. The lowest BCUT2D eigenvalue weighted by Crippen LogP contribution is -2.11. The Bertz CT molecular complexity index is 1040. The molecule has 0 amide bonds. The van der Waals surface area contributed by atoms with E-state index in [1.54, 1.807) is 11.8 Å². The molecule has 0 saturated carbocycles. The molecule has 26 heavy (non-hydrogen) atoms. The van der Waals surface area contributed by atoms with Crippen molar-refractivity contribution in [2.24, 2.45) is 13.0 Å². The second-order valence-electron chi connectivity index (χ2n) is 6.86. The summed E-state index contributed by atoms with van der Waals surface area (Å²) in [6.45, 7) is 0. The Kier molecular flexibility index (Phi) is 4.75. The van der Waals surface area contributed by atoms with E-state index in [0.29, 0.717) is 12.2 Å². The van der Waals surface area contributed by atoms with E-state index in [-0.39, 0.29) is 11.7 Å². The topological polar surface area (TPSA) is 64.8 Å². The first kappa shape index (κ1) is 17.5. The molecule has 3 aromatic rings. The minimum Gasteiger partial charge on any atom is -0.309 e. The third-order valence-electron chi connectivity index (χ3n) is 4.96. The lowest BCUT2D eigenvalue weighted by Gasteiger charge is -2.08. The van der Waals surface area contributed by atoms with Crippen LogP contribution in [0.2, 0.25) is 0 Å². The van der Waals surface area contributed by atoms with E-state index >= 15 is 0 Å². The maximum atomic E-state index is 11.6. The predicted octanol–water partition coefficient (Wildman–Crippen LogP) is 3.24. The molecule has 1 aliphatic rings. The van der Waals surface area contributed by atoms with Crippen molar-refractivity contribution >= 4 is 32.4 Å². The number of aromatic nitrogens is 3. The van der Waals surface area contributed by atoms with Gasteiger partial charge in [-0.2, -0.15) is 0 Å². The van der Waals surface area contributed by atoms with Gasteiger partial charge in [0.05, 0.1) is 11.5 Å². The van der Waals surface area contributed by atoms with Crippen molar-refractivity contribution < 1.29 is 8.42 Å². The van der Waals surface area contributed by atoms with Crippen LogP contribution in [0.4, 0.5) is 0 Å². The average molecular weight is 388 g/mol. The summed E-state index contributed by atoms with van der Waals surface area (Å²) in [6.07, 6.45) is 1.41. The molecule has 1 aliphatic heterocycles. The molecule has 0 spiro atoms. The van der Waals surface area contributed by atoms with Gasteiger partial charge in [-0.15, -0.1) is 10.2 Å². The Morgan fingerprint density at radius 2 is 1.96 bits per heavy atom. The molecule has 5 nitrogen and oxygen atoms in total. The first-order chi connectivity index (χ1) is 12.5. The zero-order chi connectivity index (χ0) is 18.1. The minimum absolute atomic E-state index is 0.166. The summed E-state index contributed by atoms with van der Waals surface area (Å²) >= 11 is 1.66. The van der Waals surface area contributed by atoms with Crippen LogP contribution in [0.25, 0.3) is 10.8 Å². The molecular weight excluding hydrogens is 366 g/mol. The molecule has 2 aromatic carbocycles. The highest BCUT2D eigenvalue weighted by molar-refractivity contribution is 7.98. The fraction of sp³-hybridized carbons (Fsp3) is 0.368. The van der Waals surface area contributed by atoms with E-state index in [2.05, 4.69) is 52.7 Å². The molecular formula is C19H21N3O2S2. The Hall–Kier alpha value is -1.86. The molecule has 1 aromatic heterocycles.